The molecule has 0 spiro atoms. The van der Waals surface area contributed by atoms with Gasteiger partial charge in [0.25, 0.3) is 5.56 Å². The summed E-state index contributed by atoms with van der Waals surface area (Å²) < 4.78 is 7.11. The van der Waals surface area contributed by atoms with Crippen molar-refractivity contribution >= 4 is 11.6 Å². The average Bonchev–Trinajstić information content (AvgIpc) is 2.89. The predicted molar refractivity (Wildman–Crippen MR) is 138 cm³/mol. The Bertz CT molecular complexity index is 1250. The molecule has 8 heteroatoms. The number of hydrogen-bond donors (Lipinski definition) is 1. The topological polar surface area (TPSA) is 75.2 Å². The van der Waals surface area contributed by atoms with Gasteiger partial charge in [-0.15, -0.1) is 0 Å². The van der Waals surface area contributed by atoms with Crippen molar-refractivity contribution in [2.24, 2.45) is 7.05 Å². The minimum Gasteiger partial charge on any atom is -0.491 e. The van der Waals surface area contributed by atoms with Gasteiger partial charge in [0, 0.05) is 26.2 Å². The van der Waals surface area contributed by atoms with E-state index in [0.717, 1.165) is 37.1 Å². The van der Waals surface area contributed by atoms with Crippen LogP contribution in [0.5, 0.6) is 5.75 Å². The van der Waals surface area contributed by atoms with E-state index in [2.05, 4.69) is 28.7 Å². The van der Waals surface area contributed by atoms with Crippen molar-refractivity contribution in [2.45, 2.75) is 18.9 Å². The molecule has 2 aromatic carbocycles. The summed E-state index contributed by atoms with van der Waals surface area (Å²) in [4.78, 5) is 26.7. The van der Waals surface area contributed by atoms with Crippen molar-refractivity contribution in [3.05, 3.63) is 70.3 Å². The van der Waals surface area contributed by atoms with Gasteiger partial charge in [0.1, 0.15) is 12.4 Å². The van der Waals surface area contributed by atoms with Crippen molar-refractivity contribution in [3.63, 3.8) is 0 Å². The monoisotopic (exact) mass is 473 g/mol. The van der Waals surface area contributed by atoms with Crippen molar-refractivity contribution in [2.75, 3.05) is 45.3 Å². The van der Waals surface area contributed by atoms with Crippen molar-refractivity contribution < 1.29 is 9.84 Å². The van der Waals surface area contributed by atoms with Gasteiger partial charge < -0.3 is 19.6 Å². The van der Waals surface area contributed by atoms with Gasteiger partial charge in [0.05, 0.1) is 24.4 Å². The number of piperidine rings is 1. The molecule has 0 aliphatic carbocycles. The number of anilines is 1. The Morgan fingerprint density at radius 2 is 1.71 bits per heavy atom. The van der Waals surface area contributed by atoms with Gasteiger partial charge in [-0.05, 0) is 50.2 Å². The SMILES string of the molecule is [C-]#[N+]c1ccc(-c2nc(N3CCC(N(C)C)CC3)n(C)c(=O)c2-c2ccc(OCCO)cc2)cc1. The highest BCUT2D eigenvalue weighted by Gasteiger charge is 2.26. The van der Waals surface area contributed by atoms with E-state index < -0.39 is 0 Å². The largest absolute Gasteiger partial charge is 0.491 e. The molecule has 0 amide bonds. The number of aromatic nitrogens is 2. The van der Waals surface area contributed by atoms with Crippen molar-refractivity contribution in [1.82, 2.24) is 14.5 Å². The molecule has 0 atom stereocenters. The summed E-state index contributed by atoms with van der Waals surface area (Å²) in [7, 11) is 5.99. The molecule has 2 heterocycles. The van der Waals surface area contributed by atoms with Gasteiger partial charge in [-0.2, -0.15) is 0 Å². The van der Waals surface area contributed by atoms with Crippen LogP contribution in [0.2, 0.25) is 0 Å². The maximum Gasteiger partial charge on any atom is 0.263 e. The third kappa shape index (κ3) is 5.21. The van der Waals surface area contributed by atoms with Crippen LogP contribution in [0.3, 0.4) is 0 Å². The van der Waals surface area contributed by atoms with Gasteiger partial charge >= 0.3 is 0 Å². The smallest absolute Gasteiger partial charge is 0.263 e. The zero-order chi connectivity index (χ0) is 24.9. The van der Waals surface area contributed by atoms with E-state index in [1.165, 1.54) is 0 Å². The van der Waals surface area contributed by atoms with E-state index in [9.17, 15) is 4.79 Å². The lowest BCUT2D eigenvalue weighted by Gasteiger charge is -2.36. The lowest BCUT2D eigenvalue weighted by Crippen LogP contribution is -2.44. The molecular weight excluding hydrogens is 442 g/mol. The first-order valence-corrected chi connectivity index (χ1v) is 11.8. The standard InChI is InChI=1S/C27H31N5O3/c1-28-21-9-5-20(6-10-21)25-24(19-7-11-23(12-8-19)35-18-17-33)26(34)31(4)27(29-25)32-15-13-22(14-16-32)30(2)3/h5-12,22,33H,13-18H2,2-4H3. The molecule has 0 saturated carbocycles. The summed E-state index contributed by atoms with van der Waals surface area (Å²) in [5, 5.41) is 9.00. The number of aliphatic hydroxyl groups excluding tert-OH is 1. The number of nitrogens with zero attached hydrogens (tertiary/aromatic N) is 5. The third-order valence-corrected chi connectivity index (χ3v) is 6.52. The van der Waals surface area contributed by atoms with Gasteiger partial charge in [0.15, 0.2) is 5.69 Å². The molecule has 8 nitrogen and oxygen atoms in total. The summed E-state index contributed by atoms with van der Waals surface area (Å²) in [6.45, 7) is 9.06. The van der Waals surface area contributed by atoms with Crippen LogP contribution in [0.25, 0.3) is 27.2 Å². The van der Waals surface area contributed by atoms with E-state index >= 15 is 0 Å². The van der Waals surface area contributed by atoms with Crippen LogP contribution < -0.4 is 15.2 Å². The Balaban J connectivity index is 1.80. The second kappa shape index (κ2) is 10.7. The van der Waals surface area contributed by atoms with Crippen LogP contribution in [-0.2, 0) is 7.05 Å². The van der Waals surface area contributed by atoms with Gasteiger partial charge in [-0.25, -0.2) is 9.83 Å². The maximum atomic E-state index is 13.8. The van der Waals surface area contributed by atoms with E-state index in [1.807, 2.05) is 24.3 Å². The summed E-state index contributed by atoms with van der Waals surface area (Å²) in [6, 6.07) is 15.0. The molecule has 35 heavy (non-hydrogen) atoms. The fourth-order valence-electron chi connectivity index (χ4n) is 4.50. The Hall–Kier alpha value is -3.67. The van der Waals surface area contributed by atoms with E-state index in [1.54, 1.807) is 35.9 Å². The Labute approximate surface area is 205 Å². The molecule has 4 rings (SSSR count). The molecule has 0 bridgehead atoms. The van der Waals surface area contributed by atoms with Crippen molar-refractivity contribution in [1.29, 1.82) is 0 Å². The number of ether oxygens (including phenoxy) is 1. The van der Waals surface area contributed by atoms with Crippen LogP contribution in [0.4, 0.5) is 11.6 Å². The lowest BCUT2D eigenvalue weighted by molar-refractivity contribution is 0.201. The fourth-order valence-corrected chi connectivity index (χ4v) is 4.50. The highest BCUT2D eigenvalue weighted by molar-refractivity contribution is 5.81. The number of hydrogen-bond acceptors (Lipinski definition) is 6. The molecule has 1 aliphatic heterocycles. The second-order valence-corrected chi connectivity index (χ2v) is 8.94. The first-order valence-electron chi connectivity index (χ1n) is 11.8. The highest BCUT2D eigenvalue weighted by Crippen LogP contribution is 2.32. The fraction of sp³-hybridized carbons (Fsp3) is 0.370. The molecule has 1 N–H and O–H groups in total. The molecule has 1 aromatic heterocycles. The quantitative estimate of drug-likeness (QED) is 0.529. The molecule has 3 aromatic rings. The highest BCUT2D eigenvalue weighted by atomic mass is 16.5. The lowest BCUT2D eigenvalue weighted by atomic mass is 9.99. The Morgan fingerprint density at radius 1 is 1.09 bits per heavy atom. The van der Waals surface area contributed by atoms with Crippen LogP contribution in [0, 0.1) is 6.57 Å². The summed E-state index contributed by atoms with van der Waals surface area (Å²) in [6.07, 6.45) is 2.02. The molecule has 0 radical (unpaired) electrons. The number of rotatable bonds is 7. The van der Waals surface area contributed by atoms with E-state index in [-0.39, 0.29) is 18.8 Å². The zero-order valence-corrected chi connectivity index (χ0v) is 20.4. The van der Waals surface area contributed by atoms with Gasteiger partial charge in [-0.1, -0.05) is 36.4 Å². The first-order chi connectivity index (χ1) is 16.9. The van der Waals surface area contributed by atoms with Gasteiger partial charge in [0.2, 0.25) is 5.95 Å². The average molecular weight is 474 g/mol. The maximum absolute atomic E-state index is 13.8. The second-order valence-electron chi connectivity index (χ2n) is 8.94. The molecule has 1 aliphatic rings. The number of benzene rings is 2. The van der Waals surface area contributed by atoms with E-state index in [0.29, 0.717) is 34.7 Å². The number of aliphatic hydroxyl groups is 1. The minimum atomic E-state index is -0.127. The van der Waals surface area contributed by atoms with Crippen LogP contribution in [-0.4, -0.2) is 66.0 Å². The van der Waals surface area contributed by atoms with E-state index in [4.69, 9.17) is 21.4 Å². The molecule has 182 valence electrons. The van der Waals surface area contributed by atoms with Crippen LogP contribution in [0.15, 0.2) is 53.3 Å². The first kappa shape index (κ1) is 24.5. The molecule has 1 saturated heterocycles. The van der Waals surface area contributed by atoms with Crippen LogP contribution in [0.1, 0.15) is 12.8 Å². The Morgan fingerprint density at radius 3 is 2.29 bits per heavy atom. The summed E-state index contributed by atoms with van der Waals surface area (Å²) in [5.74, 6) is 1.28. The van der Waals surface area contributed by atoms with Gasteiger partial charge in [-0.3, -0.25) is 9.36 Å². The summed E-state index contributed by atoms with van der Waals surface area (Å²) in [5.41, 5.74) is 3.03. The normalized spacial score (nSPS) is 14.2. The zero-order valence-electron chi connectivity index (χ0n) is 20.4. The van der Waals surface area contributed by atoms with Crippen LogP contribution >= 0.6 is 0 Å². The molecule has 1 fully saturated rings. The third-order valence-electron chi connectivity index (χ3n) is 6.52. The predicted octanol–water partition coefficient (Wildman–Crippen LogP) is 3.57. The van der Waals surface area contributed by atoms with Crippen molar-refractivity contribution in [3.8, 4) is 28.1 Å². The minimum absolute atomic E-state index is 0.0653. The Kier molecular flexibility index (Phi) is 7.49. The molecular formula is C27H31N5O3. The molecule has 0 unspecified atom stereocenters. The summed E-state index contributed by atoms with van der Waals surface area (Å²) >= 11 is 0.